The van der Waals surface area contributed by atoms with E-state index in [9.17, 15) is 0 Å². The number of nitrogens with zero attached hydrogens (tertiary/aromatic N) is 1. The molecular formula is C16H21N. The molecule has 0 heterocycles. The van der Waals surface area contributed by atoms with Gasteiger partial charge in [-0.1, -0.05) is 30.3 Å². The second-order valence-corrected chi connectivity index (χ2v) is 5.45. The Labute approximate surface area is 104 Å². The van der Waals surface area contributed by atoms with Crippen molar-refractivity contribution in [2.75, 3.05) is 11.4 Å². The van der Waals surface area contributed by atoms with E-state index in [1.54, 1.807) is 0 Å². The third kappa shape index (κ3) is 2.44. The fourth-order valence-electron chi connectivity index (χ4n) is 2.39. The molecule has 90 valence electrons. The Bertz CT molecular complexity index is 508. The lowest BCUT2D eigenvalue weighted by Crippen LogP contribution is -2.41. The van der Waals surface area contributed by atoms with Gasteiger partial charge in [-0.3, -0.25) is 0 Å². The molecule has 0 saturated heterocycles. The minimum Gasteiger partial charge on any atom is -0.367 e. The number of hydrogen-bond donors (Lipinski definition) is 0. The van der Waals surface area contributed by atoms with E-state index in [0.717, 1.165) is 6.54 Å². The highest BCUT2D eigenvalue weighted by Gasteiger charge is 2.19. The minimum absolute atomic E-state index is 0.164. The maximum absolute atomic E-state index is 2.43. The molecule has 1 nitrogen and oxygen atoms in total. The smallest absolute Gasteiger partial charge is 0.0376 e. The molecule has 0 aliphatic carbocycles. The zero-order chi connectivity index (χ0) is 12.5. The lowest BCUT2D eigenvalue weighted by molar-refractivity contribution is 0.513. The molecule has 1 heteroatoms. The molecule has 17 heavy (non-hydrogen) atoms. The Morgan fingerprint density at radius 2 is 1.59 bits per heavy atom. The van der Waals surface area contributed by atoms with Crippen LogP contribution in [0.15, 0.2) is 42.5 Å². The van der Waals surface area contributed by atoms with Crippen LogP contribution in [0.25, 0.3) is 10.8 Å². The van der Waals surface area contributed by atoms with Crippen molar-refractivity contribution in [2.24, 2.45) is 0 Å². The third-order valence-electron chi connectivity index (χ3n) is 3.17. The molecule has 2 aromatic carbocycles. The van der Waals surface area contributed by atoms with Gasteiger partial charge in [0, 0.05) is 17.8 Å². The Morgan fingerprint density at radius 3 is 2.18 bits per heavy atom. The van der Waals surface area contributed by atoms with E-state index in [1.165, 1.54) is 16.5 Å². The Kier molecular flexibility index (Phi) is 3.10. The van der Waals surface area contributed by atoms with Crippen molar-refractivity contribution in [3.05, 3.63) is 42.5 Å². The first-order chi connectivity index (χ1) is 8.02. The molecule has 0 amide bonds. The van der Waals surface area contributed by atoms with Crippen molar-refractivity contribution in [3.63, 3.8) is 0 Å². The summed E-state index contributed by atoms with van der Waals surface area (Å²) >= 11 is 0. The van der Waals surface area contributed by atoms with Crippen LogP contribution in [0.5, 0.6) is 0 Å². The van der Waals surface area contributed by atoms with Crippen LogP contribution >= 0.6 is 0 Å². The maximum atomic E-state index is 2.43. The average molecular weight is 227 g/mol. The van der Waals surface area contributed by atoms with Gasteiger partial charge in [-0.25, -0.2) is 0 Å². The van der Waals surface area contributed by atoms with E-state index in [0.29, 0.717) is 0 Å². The van der Waals surface area contributed by atoms with E-state index in [2.05, 4.69) is 75.1 Å². The van der Waals surface area contributed by atoms with Crippen molar-refractivity contribution in [1.82, 2.24) is 0 Å². The van der Waals surface area contributed by atoms with Gasteiger partial charge in [-0.15, -0.1) is 0 Å². The highest BCUT2D eigenvalue weighted by Crippen LogP contribution is 2.27. The SMILES string of the molecule is CCN(c1ccc2ccccc2c1)C(C)(C)C. The van der Waals surface area contributed by atoms with Crippen LogP contribution in [0.2, 0.25) is 0 Å². The van der Waals surface area contributed by atoms with Crippen LogP contribution in [0, 0.1) is 0 Å². The second kappa shape index (κ2) is 4.40. The molecule has 0 aliphatic heterocycles. The number of rotatable bonds is 2. The van der Waals surface area contributed by atoms with Gasteiger partial charge in [0.15, 0.2) is 0 Å². The summed E-state index contributed by atoms with van der Waals surface area (Å²) in [5.41, 5.74) is 1.47. The molecule has 2 aromatic rings. The van der Waals surface area contributed by atoms with E-state index < -0.39 is 0 Å². The normalized spacial score (nSPS) is 11.8. The van der Waals surface area contributed by atoms with Crippen molar-refractivity contribution < 1.29 is 0 Å². The highest BCUT2D eigenvalue weighted by molar-refractivity contribution is 5.85. The summed E-state index contributed by atoms with van der Waals surface area (Å²) < 4.78 is 0. The van der Waals surface area contributed by atoms with Crippen molar-refractivity contribution in [2.45, 2.75) is 33.2 Å². The molecule has 0 bridgehead atoms. The molecule has 0 unspecified atom stereocenters. The van der Waals surface area contributed by atoms with Gasteiger partial charge in [0.2, 0.25) is 0 Å². The van der Waals surface area contributed by atoms with Gasteiger partial charge in [0.05, 0.1) is 0 Å². The van der Waals surface area contributed by atoms with Crippen LogP contribution in [0.4, 0.5) is 5.69 Å². The largest absolute Gasteiger partial charge is 0.367 e. The van der Waals surface area contributed by atoms with Gasteiger partial charge in [-0.05, 0) is 50.6 Å². The summed E-state index contributed by atoms with van der Waals surface area (Å²) in [6, 6.07) is 15.2. The van der Waals surface area contributed by atoms with E-state index in [-0.39, 0.29) is 5.54 Å². The summed E-state index contributed by atoms with van der Waals surface area (Å²) in [5, 5.41) is 2.62. The van der Waals surface area contributed by atoms with Crippen LogP contribution in [-0.4, -0.2) is 12.1 Å². The molecule has 0 atom stereocenters. The summed E-state index contributed by atoms with van der Waals surface area (Å²) in [5.74, 6) is 0. The zero-order valence-electron chi connectivity index (χ0n) is 11.2. The van der Waals surface area contributed by atoms with Gasteiger partial charge in [0.25, 0.3) is 0 Å². The highest BCUT2D eigenvalue weighted by atomic mass is 15.2. The standard InChI is InChI=1S/C16H21N/c1-5-17(16(2,3)4)15-11-10-13-8-6-7-9-14(13)12-15/h6-12H,5H2,1-4H3. The minimum atomic E-state index is 0.164. The Morgan fingerprint density at radius 1 is 0.941 bits per heavy atom. The summed E-state index contributed by atoms with van der Waals surface area (Å²) in [4.78, 5) is 2.43. The lowest BCUT2D eigenvalue weighted by Gasteiger charge is -2.37. The van der Waals surface area contributed by atoms with Crippen molar-refractivity contribution in [3.8, 4) is 0 Å². The first-order valence-electron chi connectivity index (χ1n) is 6.29. The van der Waals surface area contributed by atoms with Crippen LogP contribution in [-0.2, 0) is 0 Å². The second-order valence-electron chi connectivity index (χ2n) is 5.45. The molecule has 0 radical (unpaired) electrons. The average Bonchev–Trinajstić information content (AvgIpc) is 2.28. The number of benzene rings is 2. The molecule has 0 fully saturated rings. The predicted octanol–water partition coefficient (Wildman–Crippen LogP) is 4.46. The monoisotopic (exact) mass is 227 g/mol. The topological polar surface area (TPSA) is 3.24 Å². The number of fused-ring (bicyclic) bond motifs is 1. The summed E-state index contributed by atoms with van der Waals surface area (Å²) in [6.07, 6.45) is 0. The Hall–Kier alpha value is -1.50. The fourth-order valence-corrected chi connectivity index (χ4v) is 2.39. The Balaban J connectivity index is 2.48. The third-order valence-corrected chi connectivity index (χ3v) is 3.17. The number of hydrogen-bond acceptors (Lipinski definition) is 1. The summed E-state index contributed by atoms with van der Waals surface area (Å²) in [7, 11) is 0. The van der Waals surface area contributed by atoms with Gasteiger partial charge < -0.3 is 4.90 Å². The summed E-state index contributed by atoms with van der Waals surface area (Å²) in [6.45, 7) is 10.0. The van der Waals surface area contributed by atoms with E-state index in [1.807, 2.05) is 0 Å². The molecule has 0 N–H and O–H groups in total. The predicted molar refractivity (Wildman–Crippen MR) is 76.7 cm³/mol. The van der Waals surface area contributed by atoms with Crippen LogP contribution in [0.1, 0.15) is 27.7 Å². The zero-order valence-corrected chi connectivity index (χ0v) is 11.2. The first kappa shape index (κ1) is 12.0. The molecule has 0 spiro atoms. The molecule has 0 saturated carbocycles. The van der Waals surface area contributed by atoms with Crippen LogP contribution in [0.3, 0.4) is 0 Å². The van der Waals surface area contributed by atoms with Gasteiger partial charge in [-0.2, -0.15) is 0 Å². The van der Waals surface area contributed by atoms with E-state index >= 15 is 0 Å². The van der Waals surface area contributed by atoms with Gasteiger partial charge >= 0.3 is 0 Å². The number of anilines is 1. The first-order valence-corrected chi connectivity index (χ1v) is 6.29. The lowest BCUT2D eigenvalue weighted by atomic mass is 10.0. The molecule has 0 aromatic heterocycles. The quantitative estimate of drug-likeness (QED) is 0.732. The van der Waals surface area contributed by atoms with Crippen molar-refractivity contribution in [1.29, 1.82) is 0 Å². The molecule has 0 aliphatic rings. The molecular weight excluding hydrogens is 206 g/mol. The van der Waals surface area contributed by atoms with Crippen LogP contribution < -0.4 is 4.90 Å². The molecule has 2 rings (SSSR count). The fraction of sp³-hybridized carbons (Fsp3) is 0.375. The van der Waals surface area contributed by atoms with E-state index in [4.69, 9.17) is 0 Å². The van der Waals surface area contributed by atoms with Gasteiger partial charge in [0.1, 0.15) is 0 Å². The maximum Gasteiger partial charge on any atom is 0.0376 e. The van der Waals surface area contributed by atoms with Crippen molar-refractivity contribution >= 4 is 16.5 Å².